The Balaban J connectivity index is 3.82. The lowest BCUT2D eigenvalue weighted by Crippen LogP contribution is -2.03. The van der Waals surface area contributed by atoms with Crippen LogP contribution in [0, 0.1) is 5.92 Å². The van der Waals surface area contributed by atoms with Crippen molar-refractivity contribution >= 4 is 12.0 Å². The van der Waals surface area contributed by atoms with Gasteiger partial charge in [0.15, 0.2) is 0 Å². The molecule has 0 spiro atoms. The first-order valence-electron chi connectivity index (χ1n) is 4.00. The monoisotopic (exact) mass is 187 g/mol. The molecule has 0 bridgehead atoms. The largest absolute Gasteiger partial charge is 0.403 e. The lowest BCUT2D eigenvalue weighted by atomic mass is 10.0. The van der Waals surface area contributed by atoms with Crippen molar-refractivity contribution in [3.05, 3.63) is 23.3 Å². The van der Waals surface area contributed by atoms with Crippen LogP contribution in [-0.2, 0) is 0 Å². The highest BCUT2D eigenvalue weighted by atomic mass is 32.2. The van der Waals surface area contributed by atoms with E-state index in [1.807, 2.05) is 13.0 Å². The van der Waals surface area contributed by atoms with Gasteiger partial charge < -0.3 is 10.3 Å². The summed E-state index contributed by atoms with van der Waals surface area (Å²) in [5.74, 6) is 0.452. The fourth-order valence-electron chi connectivity index (χ4n) is 1.07. The topological polar surface area (TPSA) is 46.2 Å². The summed E-state index contributed by atoms with van der Waals surface area (Å²) in [4.78, 5) is 0.990. The van der Waals surface area contributed by atoms with Gasteiger partial charge in [-0.25, -0.2) is 0 Å². The maximum Gasteiger partial charge on any atom is 0.0196 e. The van der Waals surface area contributed by atoms with Crippen LogP contribution in [0.4, 0.5) is 0 Å². The van der Waals surface area contributed by atoms with Gasteiger partial charge in [-0.3, -0.25) is 0 Å². The van der Waals surface area contributed by atoms with Gasteiger partial charge in [0.05, 0.1) is 0 Å². The van der Waals surface area contributed by atoms with E-state index in [4.69, 9.17) is 10.3 Å². The molecule has 0 aromatic carbocycles. The summed E-state index contributed by atoms with van der Waals surface area (Å²) in [5, 5.41) is 0. The predicted octanol–water partition coefficient (Wildman–Crippen LogP) is 2.99. The van der Waals surface area contributed by atoms with Crippen LogP contribution in [0.3, 0.4) is 0 Å². The van der Waals surface area contributed by atoms with Crippen LogP contribution in [0.5, 0.6) is 0 Å². The summed E-state index contributed by atoms with van der Waals surface area (Å²) < 4.78 is 8.80. The zero-order chi connectivity index (χ0) is 9.56. The first-order valence-corrected chi connectivity index (χ1v) is 4.77. The maximum absolute atomic E-state index is 8.80. The SMILES string of the molecule is C=C(N)CC(C)C/C(=C\C)SO. The number of hydrogen-bond donors (Lipinski definition) is 2. The lowest BCUT2D eigenvalue weighted by Gasteiger charge is -2.10. The van der Waals surface area contributed by atoms with Gasteiger partial charge in [0.25, 0.3) is 0 Å². The van der Waals surface area contributed by atoms with E-state index in [2.05, 4.69) is 13.5 Å². The second-order valence-electron chi connectivity index (χ2n) is 3.02. The van der Waals surface area contributed by atoms with Crippen LogP contribution in [0.2, 0.25) is 0 Å². The molecule has 0 radical (unpaired) electrons. The second kappa shape index (κ2) is 6.14. The van der Waals surface area contributed by atoms with Gasteiger partial charge >= 0.3 is 0 Å². The zero-order valence-corrected chi connectivity index (χ0v) is 8.53. The molecule has 0 saturated carbocycles. The number of nitrogens with two attached hydrogens (primary N) is 1. The first-order chi connectivity index (χ1) is 5.60. The summed E-state index contributed by atoms with van der Waals surface area (Å²) in [6.45, 7) is 7.66. The Kier molecular flexibility index (Phi) is 5.93. The summed E-state index contributed by atoms with van der Waals surface area (Å²) >= 11 is 0.816. The molecule has 70 valence electrons. The van der Waals surface area contributed by atoms with Crippen LogP contribution in [-0.4, -0.2) is 4.55 Å². The van der Waals surface area contributed by atoms with E-state index in [1.165, 1.54) is 0 Å². The minimum atomic E-state index is 0.452. The van der Waals surface area contributed by atoms with Crippen molar-refractivity contribution in [2.24, 2.45) is 11.7 Å². The van der Waals surface area contributed by atoms with Gasteiger partial charge in [-0.2, -0.15) is 0 Å². The van der Waals surface area contributed by atoms with Crippen LogP contribution in [0.15, 0.2) is 23.3 Å². The van der Waals surface area contributed by atoms with Crippen molar-refractivity contribution in [2.45, 2.75) is 26.7 Å². The molecule has 0 saturated heterocycles. The van der Waals surface area contributed by atoms with Crippen molar-refractivity contribution in [1.29, 1.82) is 0 Å². The Morgan fingerprint density at radius 3 is 2.58 bits per heavy atom. The van der Waals surface area contributed by atoms with Crippen molar-refractivity contribution in [3.8, 4) is 0 Å². The van der Waals surface area contributed by atoms with Gasteiger partial charge in [0, 0.05) is 22.6 Å². The molecule has 2 nitrogen and oxygen atoms in total. The molecular formula is C9H17NOS. The van der Waals surface area contributed by atoms with E-state index in [1.54, 1.807) is 0 Å². The molecule has 3 N–H and O–H groups in total. The van der Waals surface area contributed by atoms with E-state index < -0.39 is 0 Å². The maximum atomic E-state index is 8.80. The molecule has 1 unspecified atom stereocenters. The van der Waals surface area contributed by atoms with Gasteiger partial charge in [-0.15, -0.1) is 0 Å². The Labute approximate surface area is 78.7 Å². The fraction of sp³-hybridized carbons (Fsp3) is 0.556. The van der Waals surface area contributed by atoms with Crippen molar-refractivity contribution in [3.63, 3.8) is 0 Å². The van der Waals surface area contributed by atoms with Crippen molar-refractivity contribution < 1.29 is 4.55 Å². The van der Waals surface area contributed by atoms with E-state index >= 15 is 0 Å². The van der Waals surface area contributed by atoms with Gasteiger partial charge in [-0.05, 0) is 25.7 Å². The summed E-state index contributed by atoms with van der Waals surface area (Å²) in [6.07, 6.45) is 3.60. The molecule has 0 aromatic rings. The minimum absolute atomic E-state index is 0.452. The molecule has 0 fully saturated rings. The molecule has 3 heteroatoms. The Hall–Kier alpha value is -0.410. The lowest BCUT2D eigenvalue weighted by molar-refractivity contribution is 0.575. The third-order valence-corrected chi connectivity index (χ3v) is 2.24. The summed E-state index contributed by atoms with van der Waals surface area (Å²) in [5.41, 5.74) is 6.18. The highest BCUT2D eigenvalue weighted by Gasteiger charge is 2.05. The Morgan fingerprint density at radius 2 is 2.25 bits per heavy atom. The van der Waals surface area contributed by atoms with E-state index in [0.717, 1.165) is 29.8 Å². The number of rotatable bonds is 5. The zero-order valence-electron chi connectivity index (χ0n) is 7.71. The average Bonchev–Trinajstić information content (AvgIpc) is 1.98. The Morgan fingerprint density at radius 1 is 1.67 bits per heavy atom. The number of hydrogen-bond acceptors (Lipinski definition) is 3. The standard InChI is InChI=1S/C9H17NOS/c1-4-9(12-11)6-7(2)5-8(3)10/h4,7,11H,3,5-6,10H2,1-2H3/b9-4+. The van der Waals surface area contributed by atoms with E-state index in [0.29, 0.717) is 11.6 Å². The summed E-state index contributed by atoms with van der Waals surface area (Å²) in [6, 6.07) is 0. The second-order valence-corrected chi connectivity index (χ2v) is 3.72. The number of allylic oxidation sites excluding steroid dienone is 3. The van der Waals surface area contributed by atoms with Crippen molar-refractivity contribution in [1.82, 2.24) is 0 Å². The van der Waals surface area contributed by atoms with Crippen LogP contribution >= 0.6 is 12.0 Å². The van der Waals surface area contributed by atoms with Crippen molar-refractivity contribution in [2.75, 3.05) is 0 Å². The molecule has 0 heterocycles. The highest BCUT2D eigenvalue weighted by Crippen LogP contribution is 2.23. The van der Waals surface area contributed by atoms with Crippen LogP contribution in [0.25, 0.3) is 0 Å². The minimum Gasteiger partial charge on any atom is -0.403 e. The molecular weight excluding hydrogens is 170 g/mol. The molecule has 0 aliphatic carbocycles. The average molecular weight is 187 g/mol. The normalized spacial score (nSPS) is 14.4. The summed E-state index contributed by atoms with van der Waals surface area (Å²) in [7, 11) is 0. The van der Waals surface area contributed by atoms with Crippen LogP contribution in [0.1, 0.15) is 26.7 Å². The molecule has 1 atom stereocenters. The molecule has 12 heavy (non-hydrogen) atoms. The predicted molar refractivity (Wildman–Crippen MR) is 55.7 cm³/mol. The highest BCUT2D eigenvalue weighted by molar-refractivity contribution is 7.97. The fourth-order valence-corrected chi connectivity index (χ4v) is 1.54. The first kappa shape index (κ1) is 11.6. The van der Waals surface area contributed by atoms with E-state index in [-0.39, 0.29) is 0 Å². The quantitative estimate of drug-likeness (QED) is 0.650. The van der Waals surface area contributed by atoms with Crippen LogP contribution < -0.4 is 5.73 Å². The molecule has 0 aliphatic heterocycles. The molecule has 0 rings (SSSR count). The molecule has 0 aromatic heterocycles. The molecule has 0 amide bonds. The Bertz CT molecular complexity index is 177. The molecule has 0 aliphatic rings. The third kappa shape index (κ3) is 5.27. The van der Waals surface area contributed by atoms with Gasteiger partial charge in [0.2, 0.25) is 0 Å². The smallest absolute Gasteiger partial charge is 0.0196 e. The van der Waals surface area contributed by atoms with Gasteiger partial charge in [0.1, 0.15) is 0 Å². The van der Waals surface area contributed by atoms with Gasteiger partial charge in [-0.1, -0.05) is 19.6 Å². The third-order valence-electron chi connectivity index (χ3n) is 1.60. The van der Waals surface area contributed by atoms with E-state index in [9.17, 15) is 0 Å².